The lowest BCUT2D eigenvalue weighted by Crippen LogP contribution is -2.44. The Labute approximate surface area is 130 Å². The van der Waals surface area contributed by atoms with Crippen LogP contribution in [0.4, 0.5) is 4.39 Å². The van der Waals surface area contributed by atoms with Gasteiger partial charge in [0.2, 0.25) is 0 Å². The van der Waals surface area contributed by atoms with Gasteiger partial charge in [-0.25, -0.2) is 9.37 Å². The van der Waals surface area contributed by atoms with Gasteiger partial charge in [-0.05, 0) is 48.8 Å². The van der Waals surface area contributed by atoms with Gasteiger partial charge in [0, 0.05) is 0 Å². The van der Waals surface area contributed by atoms with Crippen molar-refractivity contribution in [3.8, 4) is 0 Å². The Kier molecular flexibility index (Phi) is 4.25. The maximum Gasteiger partial charge on any atom is 0.137 e. The van der Waals surface area contributed by atoms with E-state index in [1.165, 1.54) is 18.5 Å². The molecular formula is C17H22FN3O. The maximum absolute atomic E-state index is 13.1. The van der Waals surface area contributed by atoms with E-state index in [2.05, 4.69) is 17.0 Å². The molecule has 1 aliphatic rings. The summed E-state index contributed by atoms with van der Waals surface area (Å²) in [6, 6.07) is 6.59. The van der Waals surface area contributed by atoms with Crippen LogP contribution < -0.4 is 0 Å². The van der Waals surface area contributed by atoms with Crippen LogP contribution in [0.15, 0.2) is 36.9 Å². The highest BCUT2D eigenvalue weighted by Crippen LogP contribution is 2.45. The summed E-state index contributed by atoms with van der Waals surface area (Å²) in [7, 11) is 0. The number of hydrogen-bond donors (Lipinski definition) is 1. The average molecular weight is 303 g/mol. The maximum atomic E-state index is 13.1. The van der Waals surface area contributed by atoms with E-state index >= 15 is 0 Å². The number of nitrogens with zero attached hydrogens (tertiary/aromatic N) is 3. The van der Waals surface area contributed by atoms with E-state index in [0.717, 1.165) is 31.2 Å². The summed E-state index contributed by atoms with van der Waals surface area (Å²) in [4.78, 5) is 3.96. The van der Waals surface area contributed by atoms with E-state index in [4.69, 9.17) is 0 Å². The molecule has 1 aliphatic carbocycles. The first-order valence-electron chi connectivity index (χ1n) is 7.91. The zero-order chi connectivity index (χ0) is 15.6. The predicted octanol–water partition coefficient (Wildman–Crippen LogP) is 2.83. The van der Waals surface area contributed by atoms with E-state index < -0.39 is 5.60 Å². The molecule has 0 aliphatic heterocycles. The Bertz CT molecular complexity index is 599. The lowest BCUT2D eigenvalue weighted by molar-refractivity contribution is -0.0545. The monoisotopic (exact) mass is 303 g/mol. The van der Waals surface area contributed by atoms with Crippen LogP contribution in [0.1, 0.15) is 31.7 Å². The molecule has 1 fully saturated rings. The summed E-state index contributed by atoms with van der Waals surface area (Å²) < 4.78 is 14.8. The van der Waals surface area contributed by atoms with Crippen molar-refractivity contribution in [2.45, 2.75) is 44.8 Å². The Morgan fingerprint density at radius 2 is 2.00 bits per heavy atom. The third kappa shape index (κ3) is 2.90. The van der Waals surface area contributed by atoms with Crippen molar-refractivity contribution in [2.24, 2.45) is 11.8 Å². The van der Waals surface area contributed by atoms with Crippen molar-refractivity contribution in [1.82, 2.24) is 14.8 Å². The molecule has 3 rings (SSSR count). The molecule has 0 bridgehead atoms. The topological polar surface area (TPSA) is 50.9 Å². The van der Waals surface area contributed by atoms with E-state index in [9.17, 15) is 9.50 Å². The van der Waals surface area contributed by atoms with Gasteiger partial charge in [0.15, 0.2) is 0 Å². The van der Waals surface area contributed by atoms with Gasteiger partial charge in [0.05, 0.1) is 12.1 Å². The number of rotatable bonds is 5. The Hall–Kier alpha value is -1.75. The van der Waals surface area contributed by atoms with E-state index in [-0.39, 0.29) is 17.7 Å². The average Bonchev–Trinajstić information content (AvgIpc) is 3.11. The lowest BCUT2D eigenvalue weighted by atomic mass is 9.80. The van der Waals surface area contributed by atoms with Crippen LogP contribution in [0.2, 0.25) is 0 Å². The van der Waals surface area contributed by atoms with Crippen molar-refractivity contribution >= 4 is 0 Å². The van der Waals surface area contributed by atoms with Crippen LogP contribution in [0.25, 0.3) is 0 Å². The largest absolute Gasteiger partial charge is 0.387 e. The number of benzene rings is 1. The highest BCUT2D eigenvalue weighted by atomic mass is 19.1. The molecule has 1 saturated carbocycles. The molecule has 22 heavy (non-hydrogen) atoms. The number of hydrogen-bond acceptors (Lipinski definition) is 3. The first-order valence-corrected chi connectivity index (χ1v) is 7.91. The summed E-state index contributed by atoms with van der Waals surface area (Å²) >= 11 is 0. The van der Waals surface area contributed by atoms with Gasteiger partial charge in [0.25, 0.3) is 0 Å². The van der Waals surface area contributed by atoms with Gasteiger partial charge in [-0.15, -0.1) is 0 Å². The molecule has 0 saturated heterocycles. The standard InChI is InChI=1S/C17H22FN3O/c1-2-14-5-6-15(9-13-3-7-16(18)8-4-13)17(14,22)10-21-12-19-11-20-21/h3-4,7-8,11-12,14-15,22H,2,5-6,9-10H2,1H3. The molecule has 1 N–H and O–H groups in total. The second-order valence-electron chi connectivity index (χ2n) is 6.29. The molecule has 0 amide bonds. The van der Waals surface area contributed by atoms with Crippen LogP contribution in [-0.4, -0.2) is 25.5 Å². The van der Waals surface area contributed by atoms with Crippen molar-refractivity contribution in [3.05, 3.63) is 48.3 Å². The molecule has 1 heterocycles. The van der Waals surface area contributed by atoms with Gasteiger partial charge in [0.1, 0.15) is 18.5 Å². The van der Waals surface area contributed by atoms with Gasteiger partial charge in [-0.3, -0.25) is 4.68 Å². The number of halogens is 1. The molecule has 5 heteroatoms. The van der Waals surface area contributed by atoms with Crippen LogP contribution >= 0.6 is 0 Å². The van der Waals surface area contributed by atoms with Crippen LogP contribution in [0.5, 0.6) is 0 Å². The first kappa shape index (κ1) is 15.2. The van der Waals surface area contributed by atoms with Gasteiger partial charge in [-0.2, -0.15) is 5.10 Å². The van der Waals surface area contributed by atoms with Crippen molar-refractivity contribution in [1.29, 1.82) is 0 Å². The smallest absolute Gasteiger partial charge is 0.137 e. The zero-order valence-electron chi connectivity index (χ0n) is 12.8. The molecule has 1 aromatic heterocycles. The fourth-order valence-corrected chi connectivity index (χ4v) is 3.81. The molecule has 3 atom stereocenters. The fourth-order valence-electron chi connectivity index (χ4n) is 3.81. The fraction of sp³-hybridized carbons (Fsp3) is 0.529. The molecule has 0 radical (unpaired) electrons. The molecule has 1 aromatic carbocycles. The number of aliphatic hydroxyl groups is 1. The quantitative estimate of drug-likeness (QED) is 0.924. The molecule has 2 aromatic rings. The van der Waals surface area contributed by atoms with Crippen molar-refractivity contribution in [3.63, 3.8) is 0 Å². The van der Waals surface area contributed by atoms with Gasteiger partial charge < -0.3 is 5.11 Å². The molecular weight excluding hydrogens is 281 g/mol. The summed E-state index contributed by atoms with van der Waals surface area (Å²) in [5.74, 6) is 0.203. The third-order valence-corrected chi connectivity index (χ3v) is 5.05. The minimum absolute atomic E-state index is 0.159. The highest BCUT2D eigenvalue weighted by Gasteiger charge is 2.48. The highest BCUT2D eigenvalue weighted by molar-refractivity contribution is 5.18. The molecule has 118 valence electrons. The first-order chi connectivity index (χ1) is 10.6. The second kappa shape index (κ2) is 6.16. The molecule has 3 unspecified atom stereocenters. The van der Waals surface area contributed by atoms with E-state index in [0.29, 0.717) is 6.54 Å². The summed E-state index contributed by atoms with van der Waals surface area (Å²) in [6.45, 7) is 2.59. The predicted molar refractivity (Wildman–Crippen MR) is 81.6 cm³/mol. The SMILES string of the molecule is CCC1CCC(Cc2ccc(F)cc2)C1(O)Cn1cncn1. The van der Waals surface area contributed by atoms with Gasteiger partial charge >= 0.3 is 0 Å². The minimum Gasteiger partial charge on any atom is -0.387 e. The number of aromatic nitrogens is 3. The summed E-state index contributed by atoms with van der Waals surface area (Å²) in [5, 5.41) is 15.5. The molecule has 0 spiro atoms. The van der Waals surface area contributed by atoms with Crippen LogP contribution in [-0.2, 0) is 13.0 Å². The van der Waals surface area contributed by atoms with Crippen molar-refractivity contribution < 1.29 is 9.50 Å². The normalized spacial score (nSPS) is 28.1. The Balaban J connectivity index is 1.80. The summed E-state index contributed by atoms with van der Waals surface area (Å²) in [6.07, 6.45) is 6.87. The van der Waals surface area contributed by atoms with E-state index in [1.54, 1.807) is 11.0 Å². The summed E-state index contributed by atoms with van der Waals surface area (Å²) in [5.41, 5.74) is 0.289. The lowest BCUT2D eigenvalue weighted by Gasteiger charge is -2.35. The van der Waals surface area contributed by atoms with Crippen LogP contribution in [0, 0.1) is 17.7 Å². The zero-order valence-corrected chi connectivity index (χ0v) is 12.8. The minimum atomic E-state index is -0.781. The third-order valence-electron chi connectivity index (χ3n) is 5.05. The van der Waals surface area contributed by atoms with Crippen molar-refractivity contribution in [2.75, 3.05) is 0 Å². The Morgan fingerprint density at radius 3 is 2.64 bits per heavy atom. The van der Waals surface area contributed by atoms with Crippen LogP contribution in [0.3, 0.4) is 0 Å². The van der Waals surface area contributed by atoms with E-state index in [1.807, 2.05) is 12.1 Å². The van der Waals surface area contributed by atoms with Gasteiger partial charge in [-0.1, -0.05) is 25.5 Å². The molecule has 4 nitrogen and oxygen atoms in total. The Morgan fingerprint density at radius 1 is 1.27 bits per heavy atom. The second-order valence-corrected chi connectivity index (χ2v) is 6.29.